The normalized spacial score (nSPS) is 22.7. The molecule has 1 aromatic carbocycles. The van der Waals surface area contributed by atoms with E-state index in [2.05, 4.69) is 30.4 Å². The average Bonchev–Trinajstić information content (AvgIpc) is 3.10. The zero-order chi connectivity index (χ0) is 13.1. The highest BCUT2D eigenvalue weighted by atomic mass is 16.5. The maximum Gasteiger partial charge on any atom is 0.126 e. The van der Waals surface area contributed by atoms with Crippen LogP contribution in [0.3, 0.4) is 0 Å². The van der Waals surface area contributed by atoms with Gasteiger partial charge in [0, 0.05) is 30.7 Å². The zero-order valence-electron chi connectivity index (χ0n) is 11.7. The number of aryl methyl sites for hydroxylation is 1. The number of rotatable bonds is 6. The van der Waals surface area contributed by atoms with E-state index in [1.807, 2.05) is 0 Å². The molecule has 3 rings (SSSR count). The minimum Gasteiger partial charge on any atom is -0.493 e. The van der Waals surface area contributed by atoms with Gasteiger partial charge in [0.25, 0.3) is 0 Å². The van der Waals surface area contributed by atoms with E-state index in [1.54, 1.807) is 0 Å². The quantitative estimate of drug-likeness (QED) is 0.854. The summed E-state index contributed by atoms with van der Waals surface area (Å²) in [6.45, 7) is 5.56. The molecule has 0 radical (unpaired) electrons. The number of hydrogen-bond donors (Lipinski definition) is 1. The van der Waals surface area contributed by atoms with Crippen LogP contribution >= 0.6 is 0 Å². The van der Waals surface area contributed by atoms with E-state index >= 15 is 0 Å². The minimum absolute atomic E-state index is 0.559. The van der Waals surface area contributed by atoms with Crippen molar-refractivity contribution in [3.8, 4) is 5.75 Å². The Kier molecular flexibility index (Phi) is 4.04. The van der Waals surface area contributed by atoms with Crippen LogP contribution in [-0.4, -0.2) is 25.9 Å². The molecule has 1 aliphatic carbocycles. The molecule has 1 saturated carbocycles. The van der Waals surface area contributed by atoms with Crippen molar-refractivity contribution < 1.29 is 9.47 Å². The van der Waals surface area contributed by atoms with E-state index in [1.165, 1.54) is 24.0 Å². The summed E-state index contributed by atoms with van der Waals surface area (Å²) in [6.07, 6.45) is 3.77. The first-order chi connectivity index (χ1) is 9.33. The Labute approximate surface area is 115 Å². The molecule has 104 valence electrons. The van der Waals surface area contributed by atoms with E-state index in [9.17, 15) is 0 Å². The highest BCUT2D eigenvalue weighted by molar-refractivity contribution is 5.40. The minimum atomic E-state index is 0.559. The van der Waals surface area contributed by atoms with E-state index in [-0.39, 0.29) is 0 Å². The van der Waals surface area contributed by atoms with Crippen molar-refractivity contribution in [1.29, 1.82) is 0 Å². The number of para-hydroxylation sites is 1. The molecule has 0 bridgehead atoms. The highest BCUT2D eigenvalue weighted by Gasteiger charge is 2.21. The molecule has 0 aromatic heterocycles. The third kappa shape index (κ3) is 3.48. The van der Waals surface area contributed by atoms with Gasteiger partial charge in [0.05, 0.1) is 13.2 Å². The molecule has 1 heterocycles. The fraction of sp³-hybridized carbons (Fsp3) is 0.625. The second kappa shape index (κ2) is 5.93. The predicted molar refractivity (Wildman–Crippen MR) is 75.5 cm³/mol. The summed E-state index contributed by atoms with van der Waals surface area (Å²) in [4.78, 5) is 0. The van der Waals surface area contributed by atoms with Crippen molar-refractivity contribution in [3.05, 3.63) is 29.3 Å². The van der Waals surface area contributed by atoms with Gasteiger partial charge in [-0.2, -0.15) is 0 Å². The molecule has 2 fully saturated rings. The summed E-state index contributed by atoms with van der Waals surface area (Å²) in [5, 5.41) is 3.56. The van der Waals surface area contributed by atoms with E-state index in [4.69, 9.17) is 9.47 Å². The van der Waals surface area contributed by atoms with Gasteiger partial charge in [-0.15, -0.1) is 0 Å². The number of benzene rings is 1. The van der Waals surface area contributed by atoms with Gasteiger partial charge in [-0.3, -0.25) is 0 Å². The molecule has 1 unspecified atom stereocenters. The van der Waals surface area contributed by atoms with Crippen LogP contribution in [0.5, 0.6) is 5.75 Å². The molecule has 1 aliphatic heterocycles. The SMILES string of the molecule is Cc1cccc(CNC2CC2)c1OCC1CCOC1. The lowest BCUT2D eigenvalue weighted by atomic mass is 10.1. The summed E-state index contributed by atoms with van der Waals surface area (Å²) in [6, 6.07) is 7.14. The lowest BCUT2D eigenvalue weighted by molar-refractivity contribution is 0.166. The molecule has 3 heteroatoms. The molecule has 3 nitrogen and oxygen atoms in total. The number of ether oxygens (including phenoxy) is 2. The van der Waals surface area contributed by atoms with Gasteiger partial charge in [0.2, 0.25) is 0 Å². The Morgan fingerprint density at radius 2 is 2.21 bits per heavy atom. The largest absolute Gasteiger partial charge is 0.493 e. The van der Waals surface area contributed by atoms with Crippen LogP contribution in [0.1, 0.15) is 30.4 Å². The topological polar surface area (TPSA) is 30.5 Å². The van der Waals surface area contributed by atoms with Gasteiger partial charge in [-0.1, -0.05) is 18.2 Å². The lowest BCUT2D eigenvalue weighted by Crippen LogP contribution is -2.18. The average molecular weight is 261 g/mol. The van der Waals surface area contributed by atoms with E-state index in [0.717, 1.165) is 44.6 Å². The Balaban J connectivity index is 1.62. The first kappa shape index (κ1) is 12.9. The van der Waals surface area contributed by atoms with E-state index in [0.29, 0.717) is 5.92 Å². The van der Waals surface area contributed by atoms with Gasteiger partial charge in [-0.05, 0) is 31.7 Å². The number of nitrogens with one attached hydrogen (secondary N) is 1. The van der Waals surface area contributed by atoms with Crippen LogP contribution in [-0.2, 0) is 11.3 Å². The summed E-state index contributed by atoms with van der Waals surface area (Å²) >= 11 is 0. The summed E-state index contributed by atoms with van der Waals surface area (Å²) in [5.74, 6) is 1.63. The monoisotopic (exact) mass is 261 g/mol. The van der Waals surface area contributed by atoms with Gasteiger partial charge in [0.1, 0.15) is 5.75 Å². The molecule has 1 saturated heterocycles. The smallest absolute Gasteiger partial charge is 0.126 e. The van der Waals surface area contributed by atoms with Crippen LogP contribution in [0, 0.1) is 12.8 Å². The molecule has 2 aliphatic rings. The van der Waals surface area contributed by atoms with Crippen molar-refractivity contribution in [3.63, 3.8) is 0 Å². The molecule has 1 aromatic rings. The highest BCUT2D eigenvalue weighted by Crippen LogP contribution is 2.26. The second-order valence-electron chi connectivity index (χ2n) is 5.76. The molecular formula is C16H23NO2. The van der Waals surface area contributed by atoms with Gasteiger partial charge >= 0.3 is 0 Å². The van der Waals surface area contributed by atoms with Crippen LogP contribution in [0.15, 0.2) is 18.2 Å². The van der Waals surface area contributed by atoms with E-state index < -0.39 is 0 Å². The lowest BCUT2D eigenvalue weighted by Gasteiger charge is -2.16. The fourth-order valence-corrected chi connectivity index (χ4v) is 2.52. The second-order valence-corrected chi connectivity index (χ2v) is 5.76. The maximum atomic E-state index is 6.08. The third-order valence-electron chi connectivity index (χ3n) is 3.94. The van der Waals surface area contributed by atoms with Crippen molar-refractivity contribution in [2.24, 2.45) is 5.92 Å². The Bertz CT molecular complexity index is 423. The maximum absolute atomic E-state index is 6.08. The van der Waals surface area contributed by atoms with Crippen molar-refractivity contribution in [1.82, 2.24) is 5.32 Å². The van der Waals surface area contributed by atoms with Gasteiger partial charge in [-0.25, -0.2) is 0 Å². The molecule has 0 amide bonds. The zero-order valence-corrected chi connectivity index (χ0v) is 11.7. The molecule has 19 heavy (non-hydrogen) atoms. The molecule has 0 spiro atoms. The van der Waals surface area contributed by atoms with Crippen LogP contribution in [0.4, 0.5) is 0 Å². The van der Waals surface area contributed by atoms with Crippen molar-refractivity contribution in [2.45, 2.75) is 38.8 Å². The van der Waals surface area contributed by atoms with Crippen LogP contribution in [0.25, 0.3) is 0 Å². The van der Waals surface area contributed by atoms with Crippen LogP contribution < -0.4 is 10.1 Å². The third-order valence-corrected chi connectivity index (χ3v) is 3.94. The molecule has 1 N–H and O–H groups in total. The predicted octanol–water partition coefficient (Wildman–Crippen LogP) is 2.66. The van der Waals surface area contributed by atoms with Crippen molar-refractivity contribution >= 4 is 0 Å². The first-order valence-electron chi connectivity index (χ1n) is 7.35. The summed E-state index contributed by atoms with van der Waals surface area (Å²) in [7, 11) is 0. The van der Waals surface area contributed by atoms with Crippen molar-refractivity contribution in [2.75, 3.05) is 19.8 Å². The Morgan fingerprint density at radius 3 is 2.95 bits per heavy atom. The Morgan fingerprint density at radius 1 is 1.32 bits per heavy atom. The standard InChI is InChI=1S/C16H23NO2/c1-12-3-2-4-14(9-17-15-5-6-15)16(12)19-11-13-7-8-18-10-13/h2-4,13,15,17H,5-11H2,1H3. The summed E-state index contributed by atoms with van der Waals surface area (Å²) in [5.41, 5.74) is 2.51. The fourth-order valence-electron chi connectivity index (χ4n) is 2.52. The molecular weight excluding hydrogens is 238 g/mol. The molecule has 1 atom stereocenters. The first-order valence-corrected chi connectivity index (χ1v) is 7.35. The summed E-state index contributed by atoms with van der Waals surface area (Å²) < 4.78 is 11.5. The van der Waals surface area contributed by atoms with Gasteiger partial charge in [0.15, 0.2) is 0 Å². The van der Waals surface area contributed by atoms with Gasteiger partial charge < -0.3 is 14.8 Å². The van der Waals surface area contributed by atoms with Crippen LogP contribution in [0.2, 0.25) is 0 Å². The number of hydrogen-bond acceptors (Lipinski definition) is 3. The Hall–Kier alpha value is -1.06.